The predicted molar refractivity (Wildman–Crippen MR) is 108 cm³/mol. The van der Waals surface area contributed by atoms with E-state index in [4.69, 9.17) is 11.6 Å². The summed E-state index contributed by atoms with van der Waals surface area (Å²) < 4.78 is 2.73. The second-order valence-corrected chi connectivity index (χ2v) is 7.42. The number of benzene rings is 2. The monoisotopic (exact) mass is 465 g/mol. The summed E-state index contributed by atoms with van der Waals surface area (Å²) in [5.41, 5.74) is 2.84. The lowest BCUT2D eigenvalue weighted by molar-refractivity contribution is 0.0784. The molecule has 3 aromatic rings. The highest BCUT2D eigenvalue weighted by molar-refractivity contribution is 14.1. The fourth-order valence-electron chi connectivity index (χ4n) is 2.56. The molecule has 6 heteroatoms. The molecule has 0 spiro atoms. The first kappa shape index (κ1) is 17.9. The van der Waals surface area contributed by atoms with Gasteiger partial charge >= 0.3 is 0 Å². The van der Waals surface area contributed by atoms with E-state index in [9.17, 15) is 4.79 Å². The van der Waals surface area contributed by atoms with Crippen LogP contribution in [0.3, 0.4) is 0 Å². The lowest BCUT2D eigenvalue weighted by Gasteiger charge is -2.17. The van der Waals surface area contributed by atoms with E-state index in [1.165, 1.54) is 5.56 Å². The molecule has 0 aliphatic rings. The topological polar surface area (TPSA) is 38.1 Å². The van der Waals surface area contributed by atoms with Crippen molar-refractivity contribution in [1.82, 2.24) is 14.7 Å². The van der Waals surface area contributed by atoms with Gasteiger partial charge in [-0.15, -0.1) is 0 Å². The largest absolute Gasteiger partial charge is 0.337 e. The smallest absolute Gasteiger partial charge is 0.254 e. The molecule has 0 aliphatic carbocycles. The molecule has 0 radical (unpaired) electrons. The second kappa shape index (κ2) is 8.01. The Morgan fingerprint density at radius 1 is 1.20 bits per heavy atom. The molecule has 4 nitrogen and oxygen atoms in total. The molecule has 128 valence electrons. The van der Waals surface area contributed by atoms with Crippen molar-refractivity contribution < 1.29 is 4.79 Å². The maximum absolute atomic E-state index is 12.6. The van der Waals surface area contributed by atoms with E-state index in [1.807, 2.05) is 29.1 Å². The average molecular weight is 466 g/mol. The minimum absolute atomic E-state index is 0.0307. The molecular weight excluding hydrogens is 449 g/mol. The van der Waals surface area contributed by atoms with Gasteiger partial charge in [0.1, 0.15) is 0 Å². The van der Waals surface area contributed by atoms with E-state index < -0.39 is 0 Å². The Hall–Kier alpha value is -1.86. The summed E-state index contributed by atoms with van der Waals surface area (Å²) in [4.78, 5) is 14.3. The van der Waals surface area contributed by atoms with E-state index in [1.54, 1.807) is 36.3 Å². The van der Waals surface area contributed by atoms with Crippen molar-refractivity contribution in [3.63, 3.8) is 0 Å². The summed E-state index contributed by atoms with van der Waals surface area (Å²) in [7, 11) is 1.79. The molecule has 2 aromatic carbocycles. The Morgan fingerprint density at radius 3 is 2.68 bits per heavy atom. The molecule has 1 aromatic heterocycles. The van der Waals surface area contributed by atoms with Crippen LogP contribution < -0.4 is 0 Å². The van der Waals surface area contributed by atoms with Gasteiger partial charge in [0.05, 0.1) is 18.3 Å². The average Bonchev–Trinajstić information content (AvgIpc) is 3.02. The van der Waals surface area contributed by atoms with Crippen LogP contribution in [-0.2, 0) is 13.1 Å². The lowest BCUT2D eigenvalue weighted by atomic mass is 10.2. The van der Waals surface area contributed by atoms with Crippen LogP contribution in [-0.4, -0.2) is 27.6 Å². The first-order valence-electron chi connectivity index (χ1n) is 7.78. The van der Waals surface area contributed by atoms with Gasteiger partial charge in [-0.25, -0.2) is 0 Å². The molecule has 1 heterocycles. The Labute approximate surface area is 165 Å². The van der Waals surface area contributed by atoms with E-state index in [2.05, 4.69) is 39.8 Å². The molecule has 1 amide bonds. The highest BCUT2D eigenvalue weighted by Gasteiger charge is 2.16. The summed E-state index contributed by atoms with van der Waals surface area (Å²) in [6, 6.07) is 15.5. The third-order valence-electron chi connectivity index (χ3n) is 3.80. The van der Waals surface area contributed by atoms with E-state index in [0.717, 1.165) is 9.13 Å². The van der Waals surface area contributed by atoms with Gasteiger partial charge in [-0.1, -0.05) is 41.9 Å². The molecule has 0 unspecified atom stereocenters. The van der Waals surface area contributed by atoms with E-state index in [-0.39, 0.29) is 5.91 Å². The molecule has 0 atom stereocenters. The standard InChI is InChI=1S/C19H17ClIN3O/c1-23(19(25)17-8-7-16(20)9-18(17)21)11-15-10-22-24(13-15)12-14-5-3-2-4-6-14/h2-10,13H,11-12H2,1H3. The van der Waals surface area contributed by atoms with Crippen LogP contribution in [0.5, 0.6) is 0 Å². The Balaban J connectivity index is 1.67. The zero-order valence-electron chi connectivity index (χ0n) is 13.7. The van der Waals surface area contributed by atoms with Crippen LogP contribution in [0.25, 0.3) is 0 Å². The predicted octanol–water partition coefficient (Wildman–Crippen LogP) is 4.46. The Morgan fingerprint density at radius 2 is 1.96 bits per heavy atom. The quantitative estimate of drug-likeness (QED) is 0.522. The van der Waals surface area contributed by atoms with E-state index >= 15 is 0 Å². The van der Waals surface area contributed by atoms with Crippen molar-refractivity contribution in [2.24, 2.45) is 0 Å². The number of rotatable bonds is 5. The zero-order chi connectivity index (χ0) is 17.8. The third-order valence-corrected chi connectivity index (χ3v) is 4.93. The highest BCUT2D eigenvalue weighted by Crippen LogP contribution is 2.20. The highest BCUT2D eigenvalue weighted by atomic mass is 127. The van der Waals surface area contributed by atoms with Gasteiger partial charge in [0, 0.05) is 33.9 Å². The van der Waals surface area contributed by atoms with E-state index in [0.29, 0.717) is 23.7 Å². The minimum Gasteiger partial charge on any atom is -0.337 e. The summed E-state index contributed by atoms with van der Waals surface area (Å²) in [6.45, 7) is 1.22. The Bertz CT molecular complexity index is 879. The lowest BCUT2D eigenvalue weighted by Crippen LogP contribution is -2.26. The van der Waals surface area contributed by atoms with Gasteiger partial charge in [0.25, 0.3) is 5.91 Å². The van der Waals surface area contributed by atoms with Crippen molar-refractivity contribution in [3.05, 3.63) is 86.2 Å². The minimum atomic E-state index is -0.0307. The van der Waals surface area contributed by atoms with Gasteiger partial charge in [-0.05, 0) is 46.4 Å². The van der Waals surface area contributed by atoms with Gasteiger partial charge in [0.15, 0.2) is 0 Å². The first-order valence-corrected chi connectivity index (χ1v) is 9.24. The van der Waals surface area contributed by atoms with Crippen molar-refractivity contribution in [3.8, 4) is 0 Å². The van der Waals surface area contributed by atoms with Crippen LogP contribution in [0, 0.1) is 3.57 Å². The fraction of sp³-hybridized carbons (Fsp3) is 0.158. The van der Waals surface area contributed by atoms with Crippen molar-refractivity contribution in [2.45, 2.75) is 13.1 Å². The van der Waals surface area contributed by atoms with Crippen molar-refractivity contribution in [1.29, 1.82) is 0 Å². The number of amides is 1. The van der Waals surface area contributed by atoms with Crippen LogP contribution in [0.15, 0.2) is 60.9 Å². The summed E-state index contributed by atoms with van der Waals surface area (Å²) in [6.07, 6.45) is 3.78. The van der Waals surface area contributed by atoms with Crippen LogP contribution in [0.1, 0.15) is 21.5 Å². The molecule has 0 aliphatic heterocycles. The van der Waals surface area contributed by atoms with Gasteiger partial charge in [-0.3, -0.25) is 9.48 Å². The second-order valence-electron chi connectivity index (χ2n) is 5.82. The molecule has 0 saturated carbocycles. The number of nitrogens with zero attached hydrogens (tertiary/aromatic N) is 3. The molecule has 0 fully saturated rings. The maximum atomic E-state index is 12.6. The summed E-state index contributed by atoms with van der Waals surface area (Å²) in [5.74, 6) is -0.0307. The fourth-order valence-corrected chi connectivity index (χ4v) is 3.66. The zero-order valence-corrected chi connectivity index (χ0v) is 16.6. The number of carbonyl (C=O) groups is 1. The van der Waals surface area contributed by atoms with Gasteiger partial charge < -0.3 is 4.90 Å². The number of hydrogen-bond donors (Lipinski definition) is 0. The van der Waals surface area contributed by atoms with Gasteiger partial charge in [0.2, 0.25) is 0 Å². The van der Waals surface area contributed by atoms with Crippen LogP contribution in [0.4, 0.5) is 0 Å². The Kier molecular flexibility index (Phi) is 5.75. The van der Waals surface area contributed by atoms with Gasteiger partial charge in [-0.2, -0.15) is 5.10 Å². The molecule has 0 N–H and O–H groups in total. The van der Waals surface area contributed by atoms with Crippen LogP contribution in [0.2, 0.25) is 5.02 Å². The number of carbonyl (C=O) groups excluding carboxylic acids is 1. The molecule has 3 rings (SSSR count). The molecular formula is C19H17ClIN3O. The molecule has 25 heavy (non-hydrogen) atoms. The number of halogens is 2. The summed E-state index contributed by atoms with van der Waals surface area (Å²) >= 11 is 8.09. The molecule has 0 saturated heterocycles. The number of hydrogen-bond acceptors (Lipinski definition) is 2. The third kappa shape index (κ3) is 4.61. The normalized spacial score (nSPS) is 10.7. The molecule has 0 bridgehead atoms. The first-order chi connectivity index (χ1) is 12.0. The summed E-state index contributed by atoms with van der Waals surface area (Å²) in [5, 5.41) is 5.02. The SMILES string of the molecule is CN(Cc1cnn(Cc2ccccc2)c1)C(=O)c1ccc(Cl)cc1I. The van der Waals surface area contributed by atoms with Crippen molar-refractivity contribution >= 4 is 40.1 Å². The van der Waals surface area contributed by atoms with Crippen LogP contribution >= 0.6 is 34.2 Å². The van der Waals surface area contributed by atoms with Crippen molar-refractivity contribution in [2.75, 3.05) is 7.05 Å². The maximum Gasteiger partial charge on any atom is 0.254 e. The number of aromatic nitrogens is 2.